The molecule has 0 aromatic heterocycles. The number of aryl methyl sites for hydroxylation is 1. The van der Waals surface area contributed by atoms with E-state index in [0.29, 0.717) is 16.2 Å². The van der Waals surface area contributed by atoms with Gasteiger partial charge in [0.2, 0.25) is 0 Å². The van der Waals surface area contributed by atoms with Crippen LogP contribution >= 0.6 is 23.5 Å². The normalized spacial score (nSPS) is 13.2. The molecule has 0 heterocycles. The maximum Gasteiger partial charge on any atom is 0.122 e. The molecule has 210 valence electrons. The Morgan fingerprint density at radius 3 is 1.56 bits per heavy atom. The van der Waals surface area contributed by atoms with Gasteiger partial charge in [-0.1, -0.05) is 124 Å². The maximum absolute atomic E-state index is 11.2. The van der Waals surface area contributed by atoms with Crippen LogP contribution in [0.2, 0.25) is 0 Å². The van der Waals surface area contributed by atoms with Crippen LogP contribution in [0.3, 0.4) is 0 Å². The molecule has 1 rings (SSSR count). The summed E-state index contributed by atoms with van der Waals surface area (Å²) in [6.07, 6.45) is 23.7. The summed E-state index contributed by atoms with van der Waals surface area (Å²) in [5, 5.41) is 12.2. The van der Waals surface area contributed by atoms with E-state index in [1.165, 1.54) is 138 Å². The summed E-state index contributed by atoms with van der Waals surface area (Å²) < 4.78 is 0. The van der Waals surface area contributed by atoms with Crippen LogP contribution < -0.4 is 0 Å². The zero-order valence-corrected chi connectivity index (χ0v) is 26.3. The lowest BCUT2D eigenvalue weighted by atomic mass is 9.96. The van der Waals surface area contributed by atoms with Crippen molar-refractivity contribution in [3.8, 4) is 5.75 Å². The van der Waals surface area contributed by atoms with Crippen molar-refractivity contribution in [3.05, 3.63) is 28.8 Å². The topological polar surface area (TPSA) is 20.2 Å². The molecule has 0 amide bonds. The van der Waals surface area contributed by atoms with E-state index in [1.54, 1.807) is 0 Å². The zero-order chi connectivity index (χ0) is 26.4. The number of rotatable bonds is 24. The standard InChI is InChI=1S/C33H60OS2/c1-6-10-14-16-18-20-22-31(35-24-12-8-3)29-26-28(5)33(34)30(27-29)32(36-25-13-9-4)23-21-19-17-15-11-7-2/h26-27,31-32,34H,6-25H2,1-5H3. The van der Waals surface area contributed by atoms with Crippen molar-refractivity contribution in [2.24, 2.45) is 0 Å². The van der Waals surface area contributed by atoms with Gasteiger partial charge in [0.1, 0.15) is 5.75 Å². The molecule has 0 saturated carbocycles. The molecule has 36 heavy (non-hydrogen) atoms. The van der Waals surface area contributed by atoms with Crippen molar-refractivity contribution in [2.75, 3.05) is 11.5 Å². The summed E-state index contributed by atoms with van der Waals surface area (Å²) >= 11 is 4.26. The second-order valence-electron chi connectivity index (χ2n) is 10.8. The van der Waals surface area contributed by atoms with Gasteiger partial charge in [0.25, 0.3) is 0 Å². The second kappa shape index (κ2) is 22.7. The molecular formula is C33H60OS2. The lowest BCUT2D eigenvalue weighted by Crippen LogP contribution is -2.03. The van der Waals surface area contributed by atoms with Gasteiger partial charge in [0.05, 0.1) is 0 Å². The second-order valence-corrected chi connectivity index (χ2v) is 13.4. The van der Waals surface area contributed by atoms with Crippen molar-refractivity contribution in [2.45, 2.75) is 161 Å². The van der Waals surface area contributed by atoms with Crippen LogP contribution in [0, 0.1) is 6.92 Å². The molecule has 2 unspecified atom stereocenters. The minimum absolute atomic E-state index is 0.428. The largest absolute Gasteiger partial charge is 0.507 e. The zero-order valence-electron chi connectivity index (χ0n) is 24.7. The van der Waals surface area contributed by atoms with Crippen LogP contribution in [0.4, 0.5) is 0 Å². The van der Waals surface area contributed by atoms with E-state index in [0.717, 1.165) is 5.56 Å². The van der Waals surface area contributed by atoms with Crippen molar-refractivity contribution in [1.29, 1.82) is 0 Å². The Bertz CT molecular complexity index is 645. The number of hydrogen-bond acceptors (Lipinski definition) is 3. The molecule has 1 nitrogen and oxygen atoms in total. The quantitative estimate of drug-likeness (QED) is 0.133. The molecule has 1 aromatic carbocycles. The Morgan fingerprint density at radius 1 is 0.583 bits per heavy atom. The van der Waals surface area contributed by atoms with Crippen LogP contribution in [0.25, 0.3) is 0 Å². The van der Waals surface area contributed by atoms with Crippen LogP contribution in [0.5, 0.6) is 5.75 Å². The summed E-state index contributed by atoms with van der Waals surface area (Å²) in [6, 6.07) is 4.72. The SMILES string of the molecule is CCCCCCCCC(SCCCC)c1cc(C)c(O)c(C(CCCCCCCC)SCCCC)c1. The first kappa shape index (κ1) is 33.7. The molecule has 1 aromatic rings. The van der Waals surface area contributed by atoms with Crippen molar-refractivity contribution >= 4 is 23.5 Å². The van der Waals surface area contributed by atoms with E-state index in [1.807, 2.05) is 0 Å². The highest BCUT2D eigenvalue weighted by Gasteiger charge is 2.21. The van der Waals surface area contributed by atoms with Crippen molar-refractivity contribution in [1.82, 2.24) is 0 Å². The fraction of sp³-hybridized carbons (Fsp3) is 0.818. The number of aromatic hydroxyl groups is 1. The predicted molar refractivity (Wildman–Crippen MR) is 169 cm³/mol. The number of phenols is 1. The molecule has 0 bridgehead atoms. The van der Waals surface area contributed by atoms with Crippen LogP contribution in [-0.2, 0) is 0 Å². The van der Waals surface area contributed by atoms with Gasteiger partial charge < -0.3 is 5.11 Å². The van der Waals surface area contributed by atoms with E-state index >= 15 is 0 Å². The van der Waals surface area contributed by atoms with Gasteiger partial charge in [0, 0.05) is 16.1 Å². The Balaban J connectivity index is 2.99. The molecule has 2 atom stereocenters. The molecule has 3 heteroatoms. The monoisotopic (exact) mass is 536 g/mol. The molecule has 0 aliphatic heterocycles. The Labute approximate surface area is 234 Å². The van der Waals surface area contributed by atoms with Gasteiger partial charge in [-0.2, -0.15) is 23.5 Å². The average Bonchev–Trinajstić information content (AvgIpc) is 2.88. The highest BCUT2D eigenvalue weighted by Crippen LogP contribution is 2.44. The van der Waals surface area contributed by atoms with Crippen LogP contribution in [-0.4, -0.2) is 16.6 Å². The molecule has 0 fully saturated rings. The summed E-state index contributed by atoms with van der Waals surface area (Å²) in [5.41, 5.74) is 3.78. The third-order valence-corrected chi connectivity index (χ3v) is 10.2. The van der Waals surface area contributed by atoms with E-state index in [9.17, 15) is 5.11 Å². The lowest BCUT2D eigenvalue weighted by molar-refractivity contribution is 0.460. The van der Waals surface area contributed by atoms with E-state index in [4.69, 9.17) is 0 Å². The third kappa shape index (κ3) is 14.6. The van der Waals surface area contributed by atoms with Gasteiger partial charge in [-0.3, -0.25) is 0 Å². The molecule has 0 radical (unpaired) electrons. The average molecular weight is 537 g/mol. The van der Waals surface area contributed by atoms with Crippen LogP contribution in [0.1, 0.15) is 170 Å². The van der Waals surface area contributed by atoms with Crippen LogP contribution in [0.15, 0.2) is 12.1 Å². The summed E-state index contributed by atoms with van der Waals surface area (Å²) in [4.78, 5) is 0. The smallest absolute Gasteiger partial charge is 0.122 e. The van der Waals surface area contributed by atoms with Gasteiger partial charge in [-0.15, -0.1) is 0 Å². The van der Waals surface area contributed by atoms with E-state index < -0.39 is 0 Å². The number of phenolic OH excluding ortho intramolecular Hbond substituents is 1. The van der Waals surface area contributed by atoms with Gasteiger partial charge in [-0.25, -0.2) is 0 Å². The fourth-order valence-electron chi connectivity index (χ4n) is 4.90. The molecule has 0 saturated heterocycles. The molecule has 0 spiro atoms. The summed E-state index contributed by atoms with van der Waals surface area (Å²) in [6.45, 7) is 11.3. The number of benzene rings is 1. The Kier molecular flexibility index (Phi) is 21.3. The Hall–Kier alpha value is -0.280. The maximum atomic E-state index is 11.2. The molecular weight excluding hydrogens is 476 g/mol. The fourth-order valence-corrected chi connectivity index (χ4v) is 7.74. The first-order valence-electron chi connectivity index (χ1n) is 15.6. The number of hydrogen-bond donors (Lipinski definition) is 1. The molecule has 1 N–H and O–H groups in total. The highest BCUT2D eigenvalue weighted by molar-refractivity contribution is 7.99. The van der Waals surface area contributed by atoms with Gasteiger partial charge in [0.15, 0.2) is 0 Å². The molecule has 0 aliphatic carbocycles. The lowest BCUT2D eigenvalue weighted by Gasteiger charge is -2.24. The van der Waals surface area contributed by atoms with Crippen molar-refractivity contribution in [3.63, 3.8) is 0 Å². The Morgan fingerprint density at radius 2 is 1.03 bits per heavy atom. The van der Waals surface area contributed by atoms with Gasteiger partial charge >= 0.3 is 0 Å². The van der Waals surface area contributed by atoms with Gasteiger partial charge in [-0.05, 0) is 61.3 Å². The van der Waals surface area contributed by atoms with Crippen molar-refractivity contribution < 1.29 is 5.11 Å². The minimum Gasteiger partial charge on any atom is -0.507 e. The first-order valence-corrected chi connectivity index (χ1v) is 17.7. The highest BCUT2D eigenvalue weighted by atomic mass is 32.2. The summed E-state index contributed by atoms with van der Waals surface area (Å²) in [7, 11) is 0. The first-order chi connectivity index (χ1) is 17.6. The predicted octanol–water partition coefficient (Wildman–Crippen LogP) is 12.4. The minimum atomic E-state index is 0.428. The number of unbranched alkanes of at least 4 members (excludes halogenated alkanes) is 12. The van der Waals surface area contributed by atoms with E-state index in [-0.39, 0.29) is 0 Å². The summed E-state index contributed by atoms with van der Waals surface area (Å²) in [5.74, 6) is 3.01. The van der Waals surface area contributed by atoms with E-state index in [2.05, 4.69) is 70.3 Å². The number of thioether (sulfide) groups is 2. The third-order valence-electron chi connectivity index (χ3n) is 7.34. The molecule has 0 aliphatic rings.